The topological polar surface area (TPSA) is 83.1 Å². The number of ether oxygens (including phenoxy) is 4. The first-order valence-corrected chi connectivity index (χ1v) is 8.36. The predicted octanol–water partition coefficient (Wildman–Crippen LogP) is 3.04. The lowest BCUT2D eigenvalue weighted by Gasteiger charge is -2.18. The van der Waals surface area contributed by atoms with Crippen LogP contribution in [-0.4, -0.2) is 32.2 Å². The highest BCUT2D eigenvalue weighted by molar-refractivity contribution is 5.96. The summed E-state index contributed by atoms with van der Waals surface area (Å²) in [5.41, 5.74) is 1.23. The number of amides is 1. The van der Waals surface area contributed by atoms with Crippen LogP contribution in [0.5, 0.6) is 23.0 Å². The molecule has 1 N–H and O–H groups in total. The SMILES string of the molecule is CCOc1ccc(/C=C/C(=O)Oc2ccc3c(c2)NC(=O)CO3)cc1OC. The third-order valence-electron chi connectivity index (χ3n) is 3.70. The molecule has 140 valence electrons. The molecule has 1 heterocycles. The van der Waals surface area contributed by atoms with Crippen LogP contribution in [0.3, 0.4) is 0 Å². The number of methoxy groups -OCH3 is 1. The zero-order valence-electron chi connectivity index (χ0n) is 15.0. The van der Waals surface area contributed by atoms with Crippen molar-refractivity contribution in [2.75, 3.05) is 25.6 Å². The molecule has 0 aliphatic carbocycles. The molecule has 1 aliphatic heterocycles. The van der Waals surface area contributed by atoms with Gasteiger partial charge in [-0.1, -0.05) is 6.07 Å². The number of nitrogens with one attached hydrogen (secondary N) is 1. The minimum atomic E-state index is -0.550. The summed E-state index contributed by atoms with van der Waals surface area (Å²) in [7, 11) is 1.55. The van der Waals surface area contributed by atoms with Crippen molar-refractivity contribution in [1.29, 1.82) is 0 Å². The maximum atomic E-state index is 12.1. The molecule has 0 fully saturated rings. The van der Waals surface area contributed by atoms with Gasteiger partial charge in [0.1, 0.15) is 11.5 Å². The van der Waals surface area contributed by atoms with Gasteiger partial charge in [0.25, 0.3) is 5.91 Å². The molecule has 1 aliphatic rings. The Bertz CT molecular complexity index is 890. The summed E-state index contributed by atoms with van der Waals surface area (Å²) in [6, 6.07) is 10.1. The van der Waals surface area contributed by atoms with Crippen molar-refractivity contribution in [3.63, 3.8) is 0 Å². The number of hydrogen-bond donors (Lipinski definition) is 1. The summed E-state index contributed by atoms with van der Waals surface area (Å²) in [6.07, 6.45) is 2.92. The van der Waals surface area contributed by atoms with Gasteiger partial charge in [-0.25, -0.2) is 4.79 Å². The zero-order valence-corrected chi connectivity index (χ0v) is 15.0. The number of fused-ring (bicyclic) bond motifs is 1. The van der Waals surface area contributed by atoms with Gasteiger partial charge in [-0.3, -0.25) is 4.79 Å². The standard InChI is InChI=1S/C20H19NO6/c1-3-25-17-7-4-13(10-18(17)24-2)5-9-20(23)27-14-6-8-16-15(11-14)21-19(22)12-26-16/h4-11H,3,12H2,1-2H3,(H,21,22)/b9-5+. The Morgan fingerprint density at radius 3 is 2.85 bits per heavy atom. The van der Waals surface area contributed by atoms with Crippen LogP contribution in [0.4, 0.5) is 5.69 Å². The molecule has 0 spiro atoms. The Morgan fingerprint density at radius 1 is 1.22 bits per heavy atom. The average Bonchev–Trinajstić information content (AvgIpc) is 2.67. The number of carbonyl (C=O) groups is 2. The Hall–Kier alpha value is -3.48. The van der Waals surface area contributed by atoms with Crippen LogP contribution in [0.25, 0.3) is 6.08 Å². The maximum absolute atomic E-state index is 12.1. The lowest BCUT2D eigenvalue weighted by molar-refractivity contribution is -0.128. The Balaban J connectivity index is 1.67. The molecule has 1 amide bonds. The Morgan fingerprint density at radius 2 is 2.07 bits per heavy atom. The third kappa shape index (κ3) is 4.58. The van der Waals surface area contributed by atoms with Crippen LogP contribution in [0.15, 0.2) is 42.5 Å². The fourth-order valence-electron chi connectivity index (χ4n) is 2.50. The molecule has 0 radical (unpaired) electrons. The van der Waals surface area contributed by atoms with Gasteiger partial charge in [0, 0.05) is 12.1 Å². The molecular formula is C20H19NO6. The van der Waals surface area contributed by atoms with Gasteiger partial charge in [0.15, 0.2) is 18.1 Å². The highest BCUT2D eigenvalue weighted by Crippen LogP contribution is 2.31. The van der Waals surface area contributed by atoms with Crippen molar-refractivity contribution in [3.8, 4) is 23.0 Å². The predicted molar refractivity (Wildman–Crippen MR) is 99.4 cm³/mol. The van der Waals surface area contributed by atoms with E-state index < -0.39 is 5.97 Å². The number of hydrogen-bond acceptors (Lipinski definition) is 6. The van der Waals surface area contributed by atoms with E-state index in [9.17, 15) is 9.59 Å². The first kappa shape index (κ1) is 18.3. The molecule has 0 saturated carbocycles. The van der Waals surface area contributed by atoms with Gasteiger partial charge in [-0.05, 0) is 42.8 Å². The van der Waals surface area contributed by atoms with E-state index in [0.29, 0.717) is 35.3 Å². The average molecular weight is 369 g/mol. The first-order valence-electron chi connectivity index (χ1n) is 8.36. The zero-order chi connectivity index (χ0) is 19.2. The fourth-order valence-corrected chi connectivity index (χ4v) is 2.50. The van der Waals surface area contributed by atoms with Crippen LogP contribution in [0.1, 0.15) is 12.5 Å². The number of rotatable bonds is 6. The largest absolute Gasteiger partial charge is 0.493 e. The van der Waals surface area contributed by atoms with E-state index in [1.807, 2.05) is 13.0 Å². The first-order chi connectivity index (χ1) is 13.1. The molecule has 0 saturated heterocycles. The van der Waals surface area contributed by atoms with E-state index in [0.717, 1.165) is 5.56 Å². The molecule has 0 unspecified atom stereocenters. The highest BCUT2D eigenvalue weighted by Gasteiger charge is 2.16. The number of anilines is 1. The second kappa shape index (κ2) is 8.27. The molecule has 2 aromatic carbocycles. The summed E-state index contributed by atoms with van der Waals surface area (Å²) in [5, 5.41) is 2.66. The van der Waals surface area contributed by atoms with E-state index >= 15 is 0 Å². The van der Waals surface area contributed by atoms with Crippen molar-refractivity contribution < 1.29 is 28.5 Å². The lowest BCUT2D eigenvalue weighted by Crippen LogP contribution is -2.25. The third-order valence-corrected chi connectivity index (χ3v) is 3.70. The molecule has 0 bridgehead atoms. The number of esters is 1. The smallest absolute Gasteiger partial charge is 0.336 e. The second-order valence-corrected chi connectivity index (χ2v) is 5.59. The van der Waals surface area contributed by atoms with E-state index in [-0.39, 0.29) is 12.5 Å². The Kier molecular flexibility index (Phi) is 5.61. The van der Waals surface area contributed by atoms with Crippen molar-refractivity contribution in [2.45, 2.75) is 6.92 Å². The normalized spacial score (nSPS) is 12.7. The molecule has 0 aromatic heterocycles. The van der Waals surface area contributed by atoms with Crippen LogP contribution in [0.2, 0.25) is 0 Å². The summed E-state index contributed by atoms with van der Waals surface area (Å²) in [5.74, 6) is 1.25. The molecule has 0 atom stereocenters. The summed E-state index contributed by atoms with van der Waals surface area (Å²) >= 11 is 0. The molecule has 7 nitrogen and oxygen atoms in total. The molecule has 2 aromatic rings. The van der Waals surface area contributed by atoms with Crippen molar-refractivity contribution in [3.05, 3.63) is 48.0 Å². The number of benzene rings is 2. The molecule has 27 heavy (non-hydrogen) atoms. The highest BCUT2D eigenvalue weighted by atomic mass is 16.5. The van der Waals surface area contributed by atoms with E-state index in [1.165, 1.54) is 12.1 Å². The summed E-state index contributed by atoms with van der Waals surface area (Å²) in [6.45, 7) is 2.39. The van der Waals surface area contributed by atoms with Crippen molar-refractivity contribution in [1.82, 2.24) is 0 Å². The van der Waals surface area contributed by atoms with E-state index in [4.69, 9.17) is 18.9 Å². The molecule has 7 heteroatoms. The van der Waals surface area contributed by atoms with E-state index in [2.05, 4.69) is 5.32 Å². The van der Waals surface area contributed by atoms with Gasteiger partial charge in [0.05, 0.1) is 19.4 Å². The lowest BCUT2D eigenvalue weighted by atomic mass is 10.2. The maximum Gasteiger partial charge on any atom is 0.336 e. The van der Waals surface area contributed by atoms with Gasteiger partial charge in [-0.2, -0.15) is 0 Å². The number of carbonyl (C=O) groups excluding carboxylic acids is 2. The van der Waals surface area contributed by atoms with Crippen molar-refractivity contribution >= 4 is 23.6 Å². The molecular weight excluding hydrogens is 350 g/mol. The van der Waals surface area contributed by atoms with Crippen LogP contribution >= 0.6 is 0 Å². The summed E-state index contributed by atoms with van der Waals surface area (Å²) < 4.78 is 21.3. The monoisotopic (exact) mass is 369 g/mol. The summed E-state index contributed by atoms with van der Waals surface area (Å²) in [4.78, 5) is 23.4. The van der Waals surface area contributed by atoms with Gasteiger partial charge in [-0.15, -0.1) is 0 Å². The molecule has 3 rings (SSSR count). The Labute approximate surface area is 156 Å². The minimum Gasteiger partial charge on any atom is -0.493 e. The minimum absolute atomic E-state index is 0.0274. The van der Waals surface area contributed by atoms with Gasteiger partial charge in [0.2, 0.25) is 0 Å². The fraction of sp³-hybridized carbons (Fsp3) is 0.200. The van der Waals surface area contributed by atoms with E-state index in [1.54, 1.807) is 37.5 Å². The van der Waals surface area contributed by atoms with Crippen LogP contribution in [-0.2, 0) is 9.59 Å². The van der Waals surface area contributed by atoms with Crippen LogP contribution < -0.4 is 24.3 Å². The van der Waals surface area contributed by atoms with Crippen molar-refractivity contribution in [2.24, 2.45) is 0 Å². The quantitative estimate of drug-likeness (QED) is 0.479. The van der Waals surface area contributed by atoms with Gasteiger partial charge < -0.3 is 24.3 Å². The van der Waals surface area contributed by atoms with Gasteiger partial charge >= 0.3 is 5.97 Å². The van der Waals surface area contributed by atoms with Crippen LogP contribution in [0, 0.1) is 0 Å². The second-order valence-electron chi connectivity index (χ2n) is 5.59.